The summed E-state index contributed by atoms with van der Waals surface area (Å²) in [5.41, 5.74) is 0.231. The second-order valence-corrected chi connectivity index (χ2v) is 6.99. The fourth-order valence-corrected chi connectivity index (χ4v) is 3.45. The van der Waals surface area contributed by atoms with Gasteiger partial charge in [0.15, 0.2) is 0 Å². The normalized spacial score (nSPS) is 27.5. The Balaban J connectivity index is 2.30. The zero-order chi connectivity index (χ0) is 14.9. The van der Waals surface area contributed by atoms with Gasteiger partial charge in [-0.1, -0.05) is 27.7 Å². The van der Waals surface area contributed by atoms with Gasteiger partial charge in [0.25, 0.3) is 0 Å². The number of rotatable bonds is 3. The van der Waals surface area contributed by atoms with Crippen LogP contribution in [-0.2, 0) is 11.2 Å². The van der Waals surface area contributed by atoms with Crippen LogP contribution in [0.1, 0.15) is 58.8 Å². The molecule has 1 fully saturated rings. The maximum absolute atomic E-state index is 11.6. The molecular weight excluding hydrogens is 252 g/mol. The summed E-state index contributed by atoms with van der Waals surface area (Å²) in [6.07, 6.45) is 7.29. The lowest BCUT2D eigenvalue weighted by Crippen LogP contribution is -2.37. The third-order valence-corrected chi connectivity index (χ3v) is 4.78. The van der Waals surface area contributed by atoms with Crippen LogP contribution >= 0.6 is 0 Å². The molecule has 0 spiro atoms. The molecule has 2 rings (SSSR count). The molecule has 0 radical (unpaired) electrons. The van der Waals surface area contributed by atoms with Crippen LogP contribution in [0.25, 0.3) is 0 Å². The molecule has 20 heavy (non-hydrogen) atoms. The fraction of sp³-hybridized carbons (Fsp3) is 0.750. The standard InChI is InChI=1S/C16H26N2O2/c1-5-14-17-8-9-18(14)13-10-11(16(2,3)4)6-7-12(13)15(19)20/h8-9,11-13H,5-7,10H2,1-4H3,(H,19,20). The molecule has 3 atom stereocenters. The Morgan fingerprint density at radius 1 is 1.45 bits per heavy atom. The maximum atomic E-state index is 11.6. The first-order valence-corrected chi connectivity index (χ1v) is 7.59. The van der Waals surface area contributed by atoms with Crippen LogP contribution in [-0.4, -0.2) is 20.6 Å². The fourth-order valence-electron chi connectivity index (χ4n) is 3.45. The van der Waals surface area contributed by atoms with Crippen molar-refractivity contribution in [3.05, 3.63) is 18.2 Å². The third kappa shape index (κ3) is 2.89. The molecule has 1 aliphatic rings. The summed E-state index contributed by atoms with van der Waals surface area (Å²) in [6.45, 7) is 8.83. The smallest absolute Gasteiger partial charge is 0.308 e. The predicted molar refractivity (Wildman–Crippen MR) is 78.6 cm³/mol. The van der Waals surface area contributed by atoms with E-state index in [1.807, 2.05) is 6.20 Å². The molecule has 0 aliphatic heterocycles. The Kier molecular flexibility index (Phi) is 4.21. The molecule has 0 bridgehead atoms. The van der Waals surface area contributed by atoms with Crippen LogP contribution < -0.4 is 0 Å². The first-order chi connectivity index (χ1) is 9.34. The van der Waals surface area contributed by atoms with E-state index in [9.17, 15) is 9.90 Å². The van der Waals surface area contributed by atoms with Gasteiger partial charge < -0.3 is 9.67 Å². The van der Waals surface area contributed by atoms with Crippen LogP contribution in [0.5, 0.6) is 0 Å². The Morgan fingerprint density at radius 3 is 2.70 bits per heavy atom. The lowest BCUT2D eigenvalue weighted by Gasteiger charge is -2.41. The topological polar surface area (TPSA) is 55.1 Å². The number of carbonyl (C=O) groups is 1. The number of nitrogens with zero attached hydrogens (tertiary/aromatic N) is 2. The first kappa shape index (κ1) is 15.1. The number of aryl methyl sites for hydroxylation is 1. The van der Waals surface area contributed by atoms with Crippen molar-refractivity contribution in [3.63, 3.8) is 0 Å². The van der Waals surface area contributed by atoms with Crippen LogP contribution in [0, 0.1) is 17.3 Å². The van der Waals surface area contributed by atoms with Gasteiger partial charge >= 0.3 is 5.97 Å². The zero-order valence-electron chi connectivity index (χ0n) is 13.0. The number of carboxylic acid groups (broad SMARTS) is 1. The second kappa shape index (κ2) is 5.58. The van der Waals surface area contributed by atoms with E-state index in [0.29, 0.717) is 5.92 Å². The van der Waals surface area contributed by atoms with E-state index in [1.165, 1.54) is 0 Å². The average Bonchev–Trinajstić information content (AvgIpc) is 2.84. The minimum Gasteiger partial charge on any atom is -0.481 e. The predicted octanol–water partition coefficient (Wildman–Crippen LogP) is 3.53. The number of carboxylic acids is 1. The van der Waals surface area contributed by atoms with Crippen LogP contribution in [0.2, 0.25) is 0 Å². The molecule has 1 N–H and O–H groups in total. The summed E-state index contributed by atoms with van der Waals surface area (Å²) >= 11 is 0. The second-order valence-electron chi connectivity index (χ2n) is 6.99. The maximum Gasteiger partial charge on any atom is 0.308 e. The van der Waals surface area contributed by atoms with E-state index in [2.05, 4.69) is 37.2 Å². The summed E-state index contributed by atoms with van der Waals surface area (Å²) in [6, 6.07) is 0.0444. The van der Waals surface area contributed by atoms with Gasteiger partial charge in [-0.2, -0.15) is 0 Å². The highest BCUT2D eigenvalue weighted by Gasteiger charge is 2.40. The van der Waals surface area contributed by atoms with Crippen molar-refractivity contribution in [2.24, 2.45) is 17.3 Å². The van der Waals surface area contributed by atoms with E-state index in [-0.39, 0.29) is 17.4 Å². The van der Waals surface area contributed by atoms with Gasteiger partial charge in [-0.05, 0) is 30.6 Å². The first-order valence-electron chi connectivity index (χ1n) is 7.59. The van der Waals surface area contributed by atoms with Crippen LogP contribution in [0.3, 0.4) is 0 Å². The highest BCUT2D eigenvalue weighted by molar-refractivity contribution is 5.70. The monoisotopic (exact) mass is 278 g/mol. The van der Waals surface area contributed by atoms with Gasteiger partial charge in [0.05, 0.1) is 5.92 Å². The molecule has 1 aromatic heterocycles. The van der Waals surface area contributed by atoms with Crippen molar-refractivity contribution in [3.8, 4) is 0 Å². The van der Waals surface area contributed by atoms with Gasteiger partial charge in [-0.3, -0.25) is 4.79 Å². The summed E-state index contributed by atoms with van der Waals surface area (Å²) in [5, 5.41) is 9.53. The largest absolute Gasteiger partial charge is 0.481 e. The molecule has 1 saturated carbocycles. The van der Waals surface area contributed by atoms with Crippen molar-refractivity contribution in [1.29, 1.82) is 0 Å². The average molecular weight is 278 g/mol. The molecule has 0 aromatic carbocycles. The Morgan fingerprint density at radius 2 is 2.15 bits per heavy atom. The highest BCUT2D eigenvalue weighted by atomic mass is 16.4. The summed E-state index contributed by atoms with van der Waals surface area (Å²) < 4.78 is 2.11. The molecule has 1 aromatic rings. The SMILES string of the molecule is CCc1nccn1C1CC(C(C)(C)C)CCC1C(=O)O. The van der Waals surface area contributed by atoms with E-state index in [0.717, 1.165) is 31.5 Å². The lowest BCUT2D eigenvalue weighted by molar-refractivity contribution is -0.145. The molecular formula is C16H26N2O2. The molecule has 1 aliphatic carbocycles. The molecule has 1 heterocycles. The number of aliphatic carboxylic acids is 1. The zero-order valence-corrected chi connectivity index (χ0v) is 13.0. The summed E-state index contributed by atoms with van der Waals surface area (Å²) in [5.74, 6) is 0.609. The number of aromatic nitrogens is 2. The molecule has 4 nitrogen and oxygen atoms in total. The molecule has 3 unspecified atom stereocenters. The molecule has 0 amide bonds. The van der Waals surface area contributed by atoms with Crippen molar-refractivity contribution in [1.82, 2.24) is 9.55 Å². The van der Waals surface area contributed by atoms with E-state index >= 15 is 0 Å². The Labute approximate surface area is 121 Å². The number of hydrogen-bond acceptors (Lipinski definition) is 2. The van der Waals surface area contributed by atoms with Gasteiger partial charge in [0, 0.05) is 24.9 Å². The van der Waals surface area contributed by atoms with Gasteiger partial charge in [0.1, 0.15) is 5.82 Å². The van der Waals surface area contributed by atoms with Crippen LogP contribution in [0.4, 0.5) is 0 Å². The third-order valence-electron chi connectivity index (χ3n) is 4.78. The lowest BCUT2D eigenvalue weighted by atomic mass is 9.67. The molecule has 112 valence electrons. The number of hydrogen-bond donors (Lipinski definition) is 1. The quantitative estimate of drug-likeness (QED) is 0.920. The van der Waals surface area contributed by atoms with E-state index in [4.69, 9.17) is 0 Å². The van der Waals surface area contributed by atoms with Gasteiger partial charge in [-0.15, -0.1) is 0 Å². The van der Waals surface area contributed by atoms with Crippen molar-refractivity contribution in [2.45, 2.75) is 59.4 Å². The molecule has 0 saturated heterocycles. The van der Waals surface area contributed by atoms with Crippen molar-refractivity contribution >= 4 is 5.97 Å². The van der Waals surface area contributed by atoms with Crippen LogP contribution in [0.15, 0.2) is 12.4 Å². The number of imidazole rings is 1. The minimum atomic E-state index is -0.668. The Hall–Kier alpha value is -1.32. The van der Waals surface area contributed by atoms with E-state index < -0.39 is 5.97 Å². The Bertz CT molecular complexity index is 473. The molecule has 4 heteroatoms. The summed E-state index contributed by atoms with van der Waals surface area (Å²) in [7, 11) is 0. The van der Waals surface area contributed by atoms with E-state index in [1.54, 1.807) is 6.20 Å². The highest BCUT2D eigenvalue weighted by Crippen LogP contribution is 2.45. The van der Waals surface area contributed by atoms with Gasteiger partial charge in [0.2, 0.25) is 0 Å². The van der Waals surface area contributed by atoms with Crippen molar-refractivity contribution in [2.75, 3.05) is 0 Å². The van der Waals surface area contributed by atoms with Gasteiger partial charge in [-0.25, -0.2) is 4.98 Å². The summed E-state index contributed by atoms with van der Waals surface area (Å²) in [4.78, 5) is 15.9. The minimum absolute atomic E-state index is 0.0444. The van der Waals surface area contributed by atoms with Crippen molar-refractivity contribution < 1.29 is 9.90 Å².